The van der Waals surface area contributed by atoms with Crippen LogP contribution in [0.1, 0.15) is 0 Å². The molecule has 0 radical (unpaired) electrons. The van der Waals surface area contributed by atoms with E-state index in [1.54, 1.807) is 0 Å². The van der Waals surface area contributed by atoms with Gasteiger partial charge in [-0.2, -0.15) is 0 Å². The first kappa shape index (κ1) is 27.9. The van der Waals surface area contributed by atoms with Crippen LogP contribution >= 0.6 is 0 Å². The number of phenolic OH excluding ortho intramolecular Hbond substituents is 4. The van der Waals surface area contributed by atoms with E-state index in [-0.39, 0.29) is 16.9 Å². The first-order valence-corrected chi connectivity index (χ1v) is 11.9. The summed E-state index contributed by atoms with van der Waals surface area (Å²) in [5.41, 5.74) is -3.31. The molecule has 15 nitrogen and oxygen atoms in total. The van der Waals surface area contributed by atoms with Gasteiger partial charge in [-0.05, 0) is 18.2 Å². The number of aromatic hydroxyl groups is 4. The van der Waals surface area contributed by atoms with Gasteiger partial charge in [-0.25, -0.2) is 0 Å². The molecule has 9 N–H and O–H groups in total. The van der Waals surface area contributed by atoms with Crippen LogP contribution in [-0.2, 0) is 14.2 Å². The zero-order valence-electron chi connectivity index (χ0n) is 20.4. The quantitative estimate of drug-likeness (QED) is 0.155. The minimum absolute atomic E-state index is 0.00329. The maximum atomic E-state index is 13.6. The van der Waals surface area contributed by atoms with Gasteiger partial charge >= 0.3 is 0 Å². The first-order valence-electron chi connectivity index (χ1n) is 11.9. The summed E-state index contributed by atoms with van der Waals surface area (Å²) in [5.74, 6) is -3.13. The maximum absolute atomic E-state index is 13.6. The highest BCUT2D eigenvalue weighted by Crippen LogP contribution is 2.39. The molecule has 2 fully saturated rings. The lowest BCUT2D eigenvalue weighted by atomic mass is 10.0. The molecule has 15 heteroatoms. The summed E-state index contributed by atoms with van der Waals surface area (Å²) in [6.45, 7) is -1.89. The van der Waals surface area contributed by atoms with Crippen LogP contribution in [0.4, 0.5) is 0 Å². The monoisotopic (exact) mass is 566 g/mol. The van der Waals surface area contributed by atoms with Crippen LogP contribution < -0.4 is 10.2 Å². The molecule has 5 rings (SSSR count). The Bertz CT molecular complexity index is 1470. The molecule has 3 heterocycles. The fourth-order valence-corrected chi connectivity index (χ4v) is 4.42. The lowest BCUT2D eigenvalue weighted by Crippen LogP contribution is -2.58. The van der Waals surface area contributed by atoms with Crippen LogP contribution in [0.3, 0.4) is 0 Å². The van der Waals surface area contributed by atoms with Crippen molar-refractivity contribution >= 4 is 11.0 Å². The number of rotatable bonds is 6. The molecule has 0 spiro atoms. The molecule has 2 aromatic carbocycles. The summed E-state index contributed by atoms with van der Waals surface area (Å²) in [7, 11) is 0. The number of aliphatic hydroxyl groups excluding tert-OH is 4. The van der Waals surface area contributed by atoms with Crippen molar-refractivity contribution in [2.45, 2.75) is 42.6 Å². The Morgan fingerprint density at radius 2 is 1.70 bits per heavy atom. The zero-order chi connectivity index (χ0) is 28.9. The van der Waals surface area contributed by atoms with Gasteiger partial charge in [-0.1, -0.05) is 0 Å². The molecule has 1 aromatic heterocycles. The molecule has 3 aromatic rings. The highest BCUT2D eigenvalue weighted by molar-refractivity contribution is 5.88. The first-order chi connectivity index (χ1) is 18.9. The molecule has 0 unspecified atom stereocenters. The lowest BCUT2D eigenvalue weighted by molar-refractivity contribution is -0.298. The van der Waals surface area contributed by atoms with Crippen molar-refractivity contribution in [3.8, 4) is 40.1 Å². The number of ether oxygens (including phenoxy) is 4. The molecule has 2 aliphatic heterocycles. The zero-order valence-corrected chi connectivity index (χ0v) is 20.4. The Morgan fingerprint density at radius 1 is 0.950 bits per heavy atom. The minimum Gasteiger partial charge on any atom is -0.508 e. The molecular formula is C25H26O15. The topological polar surface area (TPSA) is 249 Å². The number of phenols is 4. The van der Waals surface area contributed by atoms with Crippen molar-refractivity contribution < 1.29 is 69.3 Å². The number of aliphatic hydroxyl groups is 5. The largest absolute Gasteiger partial charge is 0.508 e. The second-order valence-electron chi connectivity index (χ2n) is 9.50. The summed E-state index contributed by atoms with van der Waals surface area (Å²) in [4.78, 5) is 13.6. The van der Waals surface area contributed by atoms with Gasteiger partial charge in [-0.3, -0.25) is 4.79 Å². The SMILES string of the molecule is O=c1c(O[C@H]2OC[C@H](O)[C@@H](O)[C@@H]2O[C@@H]2OC[C@@](O)(CO)[C@@H]2O)c(-c2ccc(O)c(O)c2)oc2cc(O)cc(O)c12. The van der Waals surface area contributed by atoms with Gasteiger partial charge in [0.2, 0.25) is 17.5 Å². The molecule has 40 heavy (non-hydrogen) atoms. The van der Waals surface area contributed by atoms with Crippen molar-refractivity contribution in [3.05, 3.63) is 40.6 Å². The van der Waals surface area contributed by atoms with Gasteiger partial charge in [0.05, 0.1) is 19.8 Å². The number of fused-ring (bicyclic) bond motifs is 1. The van der Waals surface area contributed by atoms with Crippen LogP contribution in [0, 0.1) is 0 Å². The van der Waals surface area contributed by atoms with Crippen LogP contribution in [0.5, 0.6) is 28.7 Å². The van der Waals surface area contributed by atoms with E-state index in [0.717, 1.165) is 24.3 Å². The molecule has 0 amide bonds. The maximum Gasteiger partial charge on any atom is 0.239 e. The van der Waals surface area contributed by atoms with E-state index in [9.17, 15) is 50.8 Å². The molecule has 216 valence electrons. The third-order valence-corrected chi connectivity index (χ3v) is 6.69. The van der Waals surface area contributed by atoms with Crippen LogP contribution in [0.2, 0.25) is 0 Å². The highest BCUT2D eigenvalue weighted by atomic mass is 16.8. The van der Waals surface area contributed by atoms with Crippen LogP contribution in [0.25, 0.3) is 22.3 Å². The van der Waals surface area contributed by atoms with Crippen molar-refractivity contribution in [2.24, 2.45) is 0 Å². The second-order valence-corrected chi connectivity index (χ2v) is 9.50. The molecule has 0 aliphatic carbocycles. The Morgan fingerprint density at radius 3 is 2.38 bits per heavy atom. The Kier molecular flexibility index (Phi) is 7.24. The van der Waals surface area contributed by atoms with Crippen molar-refractivity contribution in [2.75, 3.05) is 19.8 Å². The third-order valence-electron chi connectivity index (χ3n) is 6.69. The third kappa shape index (κ3) is 4.78. The van der Waals surface area contributed by atoms with E-state index in [1.165, 1.54) is 6.07 Å². The summed E-state index contributed by atoms with van der Waals surface area (Å²) in [5, 5.41) is 90.5. The standard InChI is InChI=1S/C25H26O15/c26-7-25(35)8-37-24(22(25)34)40-21-17(32)14(31)6-36-23(21)39-20-18(33)16-13(30)4-10(27)5-15(16)38-19(20)9-1-2-11(28)12(29)3-9/h1-5,14,17,21-24,26-32,34-35H,6-8H2/t14-,17+,21-,22+,23+,24-,25-/m0/s1. The number of hydrogen-bond donors (Lipinski definition) is 9. The number of hydrogen-bond acceptors (Lipinski definition) is 15. The smallest absolute Gasteiger partial charge is 0.239 e. The molecular weight excluding hydrogens is 540 g/mol. The summed E-state index contributed by atoms with van der Waals surface area (Å²) in [6, 6.07) is 5.35. The van der Waals surface area contributed by atoms with E-state index in [2.05, 4.69) is 0 Å². The normalized spacial score (nSPS) is 30.5. The molecule has 0 saturated carbocycles. The van der Waals surface area contributed by atoms with Crippen molar-refractivity contribution in [1.82, 2.24) is 0 Å². The highest BCUT2D eigenvalue weighted by Gasteiger charge is 2.52. The van der Waals surface area contributed by atoms with E-state index < -0.39 is 102 Å². The predicted molar refractivity (Wildman–Crippen MR) is 130 cm³/mol. The fraction of sp³-hybridized carbons (Fsp3) is 0.400. The molecule has 0 bridgehead atoms. The molecule has 2 aliphatic rings. The fourth-order valence-electron chi connectivity index (χ4n) is 4.42. The van der Waals surface area contributed by atoms with E-state index in [1.807, 2.05) is 0 Å². The Labute approximate surface area is 223 Å². The van der Waals surface area contributed by atoms with Crippen LogP contribution in [-0.4, -0.2) is 108 Å². The van der Waals surface area contributed by atoms with Gasteiger partial charge < -0.3 is 69.3 Å². The minimum atomic E-state index is -2.07. The lowest BCUT2D eigenvalue weighted by Gasteiger charge is -2.39. The second kappa shape index (κ2) is 10.4. The van der Waals surface area contributed by atoms with Gasteiger partial charge in [0.1, 0.15) is 46.4 Å². The van der Waals surface area contributed by atoms with E-state index in [0.29, 0.717) is 0 Å². The average Bonchev–Trinajstić information content (AvgIpc) is 3.19. The summed E-state index contributed by atoms with van der Waals surface area (Å²) in [6.07, 6.45) is -9.99. The van der Waals surface area contributed by atoms with E-state index in [4.69, 9.17) is 23.4 Å². The average molecular weight is 566 g/mol. The Balaban J connectivity index is 1.59. The van der Waals surface area contributed by atoms with Crippen LogP contribution in [0.15, 0.2) is 39.5 Å². The van der Waals surface area contributed by atoms with Gasteiger partial charge in [-0.15, -0.1) is 0 Å². The molecule has 7 atom stereocenters. The van der Waals surface area contributed by atoms with Crippen molar-refractivity contribution in [1.29, 1.82) is 0 Å². The summed E-state index contributed by atoms with van der Waals surface area (Å²) >= 11 is 0. The number of benzene rings is 2. The molecule has 2 saturated heterocycles. The van der Waals surface area contributed by atoms with Crippen molar-refractivity contribution in [3.63, 3.8) is 0 Å². The van der Waals surface area contributed by atoms with E-state index >= 15 is 0 Å². The van der Waals surface area contributed by atoms with Gasteiger partial charge in [0.15, 0.2) is 29.7 Å². The summed E-state index contributed by atoms with van der Waals surface area (Å²) < 4.78 is 27.8. The van der Waals surface area contributed by atoms with Gasteiger partial charge in [0, 0.05) is 17.7 Å². The van der Waals surface area contributed by atoms with Gasteiger partial charge in [0.25, 0.3) is 0 Å². The predicted octanol–water partition coefficient (Wildman–Crippen LogP) is -1.43. The Hall–Kier alpha value is -3.67.